The highest BCUT2D eigenvalue weighted by atomic mass is 15.0. The van der Waals surface area contributed by atoms with E-state index in [1.807, 2.05) is 0 Å². The monoisotopic (exact) mass is 471 g/mol. The van der Waals surface area contributed by atoms with Crippen LogP contribution in [0.5, 0.6) is 0 Å². The van der Waals surface area contributed by atoms with Gasteiger partial charge >= 0.3 is 0 Å². The molecule has 8 rings (SSSR count). The first-order valence-corrected chi connectivity index (χ1v) is 13.0. The largest absolute Gasteiger partial charge is 0.309 e. The number of aromatic nitrogens is 1. The minimum absolute atomic E-state index is 0.443. The van der Waals surface area contributed by atoms with E-state index in [1.54, 1.807) is 0 Å². The Labute approximate surface area is 215 Å². The Morgan fingerprint density at radius 2 is 1.19 bits per heavy atom. The molecule has 0 saturated carbocycles. The molecule has 1 aromatic heterocycles. The molecule has 1 heteroatoms. The fourth-order valence-electron chi connectivity index (χ4n) is 6.01. The van der Waals surface area contributed by atoms with Crippen LogP contribution >= 0.6 is 0 Å². The van der Waals surface area contributed by atoms with Crippen molar-refractivity contribution in [1.82, 2.24) is 4.57 Å². The van der Waals surface area contributed by atoms with Crippen LogP contribution in [-0.2, 0) is 6.42 Å². The molecule has 0 radical (unpaired) electrons. The first-order chi connectivity index (χ1) is 18.3. The van der Waals surface area contributed by atoms with E-state index in [9.17, 15) is 0 Å². The van der Waals surface area contributed by atoms with Gasteiger partial charge in [0.1, 0.15) is 0 Å². The van der Waals surface area contributed by atoms with Crippen LogP contribution in [0.15, 0.2) is 139 Å². The van der Waals surface area contributed by atoms with E-state index in [4.69, 9.17) is 0 Å². The molecule has 1 unspecified atom stereocenters. The lowest BCUT2D eigenvalue weighted by molar-refractivity contribution is 1.09. The number of nitrogens with zero attached hydrogens (tertiary/aromatic N) is 1. The van der Waals surface area contributed by atoms with Gasteiger partial charge in [-0.05, 0) is 69.4 Å². The summed E-state index contributed by atoms with van der Waals surface area (Å²) in [6.07, 6.45) is 3.45. The molecule has 1 aliphatic carbocycles. The fraction of sp³-hybridized carbons (Fsp3) is 0.0556. The van der Waals surface area contributed by atoms with E-state index >= 15 is 0 Å². The van der Waals surface area contributed by atoms with Crippen molar-refractivity contribution >= 4 is 43.4 Å². The molecule has 7 aromatic rings. The average molecular weight is 472 g/mol. The maximum atomic E-state index is 2.43. The fourth-order valence-corrected chi connectivity index (χ4v) is 6.01. The minimum atomic E-state index is 0.443. The van der Waals surface area contributed by atoms with Crippen LogP contribution < -0.4 is 0 Å². The third-order valence-electron chi connectivity index (χ3n) is 7.94. The SMILES string of the molecule is C1=C(Cc2ccc3ccccc3c2)C1c1ccc2c(c1)c1ccccc1n2-c1ccc2ccccc2c1. The third-order valence-corrected chi connectivity index (χ3v) is 7.94. The molecule has 174 valence electrons. The van der Waals surface area contributed by atoms with Gasteiger partial charge in [-0.2, -0.15) is 0 Å². The van der Waals surface area contributed by atoms with Crippen LogP contribution in [0.2, 0.25) is 0 Å². The number of hydrogen-bond acceptors (Lipinski definition) is 0. The van der Waals surface area contributed by atoms with Gasteiger partial charge in [0.15, 0.2) is 0 Å². The number of hydrogen-bond donors (Lipinski definition) is 0. The first kappa shape index (κ1) is 20.6. The zero-order valence-electron chi connectivity index (χ0n) is 20.4. The van der Waals surface area contributed by atoms with E-state index in [0.717, 1.165) is 6.42 Å². The predicted octanol–water partition coefficient (Wildman–Crippen LogP) is 9.36. The highest BCUT2D eigenvalue weighted by Gasteiger charge is 2.27. The van der Waals surface area contributed by atoms with Crippen molar-refractivity contribution in [2.24, 2.45) is 0 Å². The Morgan fingerprint density at radius 3 is 2.03 bits per heavy atom. The summed E-state index contributed by atoms with van der Waals surface area (Å²) in [5, 5.41) is 7.80. The van der Waals surface area contributed by atoms with Gasteiger partial charge in [-0.15, -0.1) is 0 Å². The molecular weight excluding hydrogens is 446 g/mol. The average Bonchev–Trinajstić information content (AvgIpc) is 3.64. The third kappa shape index (κ3) is 3.39. The number of fused-ring (bicyclic) bond motifs is 5. The van der Waals surface area contributed by atoms with Crippen molar-refractivity contribution < 1.29 is 0 Å². The molecule has 0 spiro atoms. The normalized spacial score (nSPS) is 15.0. The Balaban J connectivity index is 1.17. The molecule has 1 heterocycles. The summed E-state index contributed by atoms with van der Waals surface area (Å²) in [7, 11) is 0. The van der Waals surface area contributed by atoms with E-state index < -0.39 is 0 Å². The molecule has 0 saturated heterocycles. The highest BCUT2D eigenvalue weighted by molar-refractivity contribution is 6.09. The smallest absolute Gasteiger partial charge is 0.0541 e. The Kier molecular flexibility index (Phi) is 4.41. The van der Waals surface area contributed by atoms with E-state index in [2.05, 4.69) is 138 Å². The van der Waals surface area contributed by atoms with E-state index in [0.29, 0.717) is 5.92 Å². The van der Waals surface area contributed by atoms with Gasteiger partial charge in [-0.25, -0.2) is 0 Å². The lowest BCUT2D eigenvalue weighted by Gasteiger charge is -2.10. The second-order valence-corrected chi connectivity index (χ2v) is 10.2. The molecular formula is C36H25N. The lowest BCUT2D eigenvalue weighted by Crippen LogP contribution is -1.94. The molecule has 0 N–H and O–H groups in total. The molecule has 1 nitrogen and oxygen atoms in total. The van der Waals surface area contributed by atoms with Crippen LogP contribution in [0.3, 0.4) is 0 Å². The molecule has 1 aliphatic rings. The van der Waals surface area contributed by atoms with Gasteiger partial charge in [0, 0.05) is 22.4 Å². The van der Waals surface area contributed by atoms with Crippen LogP contribution in [0, 0.1) is 0 Å². The summed E-state index contributed by atoms with van der Waals surface area (Å²) in [5.41, 5.74) is 8.03. The highest BCUT2D eigenvalue weighted by Crippen LogP contribution is 2.43. The maximum absolute atomic E-state index is 2.43. The van der Waals surface area contributed by atoms with Crippen LogP contribution in [0.1, 0.15) is 17.0 Å². The summed E-state index contributed by atoms with van der Waals surface area (Å²) in [4.78, 5) is 0. The molecule has 1 atom stereocenters. The molecule has 0 fully saturated rings. The van der Waals surface area contributed by atoms with Gasteiger partial charge in [0.2, 0.25) is 0 Å². The quantitative estimate of drug-likeness (QED) is 0.225. The zero-order chi connectivity index (χ0) is 24.3. The standard InChI is InChI=1S/C36H25N/c1-3-9-27-19-24(13-14-25(27)7-1)20-30-23-33(30)29-16-18-36-34(22-29)32-11-5-6-12-35(32)37(36)31-17-15-26-8-2-4-10-28(26)21-31/h1-19,21-23,33H,20H2. The van der Waals surface area contributed by atoms with Crippen molar-refractivity contribution in [2.45, 2.75) is 12.3 Å². The molecule has 0 amide bonds. The van der Waals surface area contributed by atoms with Gasteiger partial charge in [-0.1, -0.05) is 109 Å². The van der Waals surface area contributed by atoms with Crippen molar-refractivity contribution in [1.29, 1.82) is 0 Å². The summed E-state index contributed by atoms with van der Waals surface area (Å²) in [6.45, 7) is 0. The number of benzene rings is 6. The molecule has 37 heavy (non-hydrogen) atoms. The van der Waals surface area contributed by atoms with Gasteiger partial charge in [-0.3, -0.25) is 0 Å². The van der Waals surface area contributed by atoms with E-state index in [-0.39, 0.29) is 0 Å². The lowest BCUT2D eigenvalue weighted by atomic mass is 9.99. The first-order valence-electron chi connectivity index (χ1n) is 13.0. The number of para-hydroxylation sites is 1. The second kappa shape index (κ2) is 7.94. The Bertz CT molecular complexity index is 2020. The van der Waals surface area contributed by atoms with Crippen molar-refractivity contribution in [2.75, 3.05) is 0 Å². The zero-order valence-corrected chi connectivity index (χ0v) is 20.4. The minimum Gasteiger partial charge on any atom is -0.309 e. The topological polar surface area (TPSA) is 4.93 Å². The Morgan fingerprint density at radius 1 is 0.514 bits per heavy atom. The van der Waals surface area contributed by atoms with Crippen molar-refractivity contribution in [3.05, 3.63) is 150 Å². The molecule has 6 aromatic carbocycles. The summed E-state index contributed by atoms with van der Waals surface area (Å²) < 4.78 is 2.41. The van der Waals surface area contributed by atoms with E-state index in [1.165, 1.54) is 65.7 Å². The predicted molar refractivity (Wildman–Crippen MR) is 157 cm³/mol. The number of allylic oxidation sites excluding steroid dienone is 2. The van der Waals surface area contributed by atoms with Crippen molar-refractivity contribution in [3.63, 3.8) is 0 Å². The maximum Gasteiger partial charge on any atom is 0.0541 e. The van der Waals surface area contributed by atoms with Gasteiger partial charge < -0.3 is 4.57 Å². The summed E-state index contributed by atoms with van der Waals surface area (Å²) >= 11 is 0. The van der Waals surface area contributed by atoms with Gasteiger partial charge in [0.05, 0.1) is 11.0 Å². The van der Waals surface area contributed by atoms with Gasteiger partial charge in [0.25, 0.3) is 0 Å². The van der Waals surface area contributed by atoms with Crippen molar-refractivity contribution in [3.8, 4) is 5.69 Å². The molecule has 0 aliphatic heterocycles. The van der Waals surface area contributed by atoms with Crippen LogP contribution in [0.25, 0.3) is 49.0 Å². The summed E-state index contributed by atoms with van der Waals surface area (Å²) in [5.74, 6) is 0.443. The number of rotatable bonds is 4. The van der Waals surface area contributed by atoms with Crippen LogP contribution in [0.4, 0.5) is 0 Å². The summed E-state index contributed by atoms with van der Waals surface area (Å²) in [6, 6.07) is 46.7. The molecule has 0 bridgehead atoms. The second-order valence-electron chi connectivity index (χ2n) is 10.2. The Hall–Kier alpha value is -4.62. The van der Waals surface area contributed by atoms with Crippen LogP contribution in [-0.4, -0.2) is 4.57 Å².